The van der Waals surface area contributed by atoms with Crippen molar-refractivity contribution in [2.75, 3.05) is 26.2 Å². The van der Waals surface area contributed by atoms with Crippen LogP contribution in [0.15, 0.2) is 0 Å². The van der Waals surface area contributed by atoms with Crippen LogP contribution in [0.4, 0.5) is 0 Å². The fourth-order valence-corrected chi connectivity index (χ4v) is 4.07. The Morgan fingerprint density at radius 3 is 2.71 bits per heavy atom. The van der Waals surface area contributed by atoms with Crippen molar-refractivity contribution in [3.63, 3.8) is 0 Å². The summed E-state index contributed by atoms with van der Waals surface area (Å²) >= 11 is 1.20. The van der Waals surface area contributed by atoms with E-state index in [1.165, 1.54) is 11.5 Å². The predicted octanol–water partition coefficient (Wildman–Crippen LogP) is 0.772. The van der Waals surface area contributed by atoms with Crippen molar-refractivity contribution in [3.05, 3.63) is 10.6 Å². The molecule has 3 rings (SSSR count). The molecular formula is C14H22N4O2S. The number of aryl methyl sites for hydroxylation is 1. The highest BCUT2D eigenvalue weighted by atomic mass is 32.1. The Labute approximate surface area is 128 Å². The number of aliphatic hydroxyl groups is 1. The summed E-state index contributed by atoms with van der Waals surface area (Å²) in [5.74, 6) is 0.0634. The number of hydrogen-bond donors (Lipinski definition) is 1. The van der Waals surface area contributed by atoms with E-state index < -0.39 is 0 Å². The zero-order valence-electron chi connectivity index (χ0n) is 12.4. The first-order valence-electron chi connectivity index (χ1n) is 7.73. The molecule has 0 aromatic carbocycles. The fraction of sp³-hybridized carbons (Fsp3) is 0.786. The van der Waals surface area contributed by atoms with Gasteiger partial charge in [-0.3, -0.25) is 9.69 Å². The number of aliphatic hydroxyl groups excluding tert-OH is 1. The quantitative estimate of drug-likeness (QED) is 0.893. The Balaban J connectivity index is 1.59. The van der Waals surface area contributed by atoms with Crippen LogP contribution in [0.5, 0.6) is 0 Å². The third-order valence-corrected chi connectivity index (χ3v) is 5.36. The van der Waals surface area contributed by atoms with Gasteiger partial charge in [-0.1, -0.05) is 11.4 Å². The van der Waals surface area contributed by atoms with Crippen molar-refractivity contribution in [1.82, 2.24) is 19.4 Å². The van der Waals surface area contributed by atoms with Gasteiger partial charge in [0, 0.05) is 32.2 Å². The molecule has 2 atom stereocenters. The smallest absolute Gasteiger partial charge is 0.267 e. The van der Waals surface area contributed by atoms with Crippen LogP contribution in [0.2, 0.25) is 0 Å². The molecular weight excluding hydrogens is 288 g/mol. The second-order valence-electron chi connectivity index (χ2n) is 5.80. The fourth-order valence-electron chi connectivity index (χ4n) is 3.35. The summed E-state index contributed by atoms with van der Waals surface area (Å²) in [6.07, 6.45) is 3.65. The van der Waals surface area contributed by atoms with Gasteiger partial charge < -0.3 is 10.0 Å². The Morgan fingerprint density at radius 2 is 2.10 bits per heavy atom. The van der Waals surface area contributed by atoms with E-state index in [1.807, 2.05) is 11.8 Å². The average molecular weight is 310 g/mol. The summed E-state index contributed by atoms with van der Waals surface area (Å²) in [4.78, 5) is 17.4. The zero-order valence-corrected chi connectivity index (χ0v) is 13.2. The molecule has 1 saturated heterocycles. The molecule has 0 bridgehead atoms. The number of carbonyl (C=O) groups is 1. The van der Waals surface area contributed by atoms with E-state index in [4.69, 9.17) is 0 Å². The van der Waals surface area contributed by atoms with E-state index in [2.05, 4.69) is 14.5 Å². The molecule has 0 radical (unpaired) electrons. The van der Waals surface area contributed by atoms with Crippen molar-refractivity contribution in [1.29, 1.82) is 0 Å². The van der Waals surface area contributed by atoms with Crippen molar-refractivity contribution in [3.8, 4) is 0 Å². The van der Waals surface area contributed by atoms with E-state index in [0.29, 0.717) is 10.9 Å². The molecule has 2 fully saturated rings. The third-order valence-electron chi connectivity index (χ3n) is 4.60. The highest BCUT2D eigenvalue weighted by molar-refractivity contribution is 7.08. The highest BCUT2D eigenvalue weighted by Gasteiger charge is 2.34. The maximum absolute atomic E-state index is 12.5. The average Bonchev–Trinajstić information content (AvgIpc) is 3.15. The van der Waals surface area contributed by atoms with E-state index in [1.54, 1.807) is 0 Å². The number of hydrogen-bond acceptors (Lipinski definition) is 6. The summed E-state index contributed by atoms with van der Waals surface area (Å²) in [5.41, 5.74) is 0.804. The van der Waals surface area contributed by atoms with Crippen LogP contribution in [0.3, 0.4) is 0 Å². The van der Waals surface area contributed by atoms with Crippen LogP contribution < -0.4 is 0 Å². The molecule has 0 unspecified atom stereocenters. The van der Waals surface area contributed by atoms with Crippen LogP contribution >= 0.6 is 11.5 Å². The lowest BCUT2D eigenvalue weighted by Crippen LogP contribution is -2.53. The van der Waals surface area contributed by atoms with Gasteiger partial charge in [0.1, 0.15) is 4.88 Å². The first-order chi connectivity index (χ1) is 10.2. The van der Waals surface area contributed by atoms with Gasteiger partial charge in [-0.25, -0.2) is 0 Å². The molecule has 1 aromatic rings. The molecule has 6 nitrogen and oxygen atoms in total. The Kier molecular flexibility index (Phi) is 4.51. The number of carbonyl (C=O) groups excluding carboxylic acids is 1. The standard InChI is InChI=1S/C14H22N4O2S/c1-2-10-13(21-16-15-10)14(20)18-8-6-17(7-9-18)11-4-3-5-12(11)19/h11-12,19H,2-9H2,1H3/t11-,12+/m1/s1. The number of aromatic nitrogens is 2. The molecule has 1 aliphatic heterocycles. The van der Waals surface area contributed by atoms with Gasteiger partial charge in [-0.05, 0) is 37.2 Å². The van der Waals surface area contributed by atoms with Gasteiger partial charge in [0.25, 0.3) is 5.91 Å². The lowest BCUT2D eigenvalue weighted by molar-refractivity contribution is 0.0317. The van der Waals surface area contributed by atoms with Crippen LogP contribution in [-0.4, -0.2) is 68.7 Å². The predicted molar refractivity (Wildman–Crippen MR) is 80.4 cm³/mol. The number of rotatable bonds is 3. The minimum Gasteiger partial charge on any atom is -0.391 e. The molecule has 1 saturated carbocycles. The van der Waals surface area contributed by atoms with Crippen LogP contribution in [0.1, 0.15) is 41.6 Å². The molecule has 116 valence electrons. The molecule has 1 amide bonds. The third kappa shape index (κ3) is 2.95. The summed E-state index contributed by atoms with van der Waals surface area (Å²) in [7, 11) is 0. The number of piperazine rings is 1. The van der Waals surface area contributed by atoms with Gasteiger partial charge in [0.05, 0.1) is 11.8 Å². The van der Waals surface area contributed by atoms with Crippen LogP contribution in [0, 0.1) is 0 Å². The van der Waals surface area contributed by atoms with Gasteiger partial charge in [-0.2, -0.15) is 0 Å². The number of nitrogens with zero attached hydrogens (tertiary/aromatic N) is 4. The van der Waals surface area contributed by atoms with E-state index in [0.717, 1.165) is 57.6 Å². The Bertz CT molecular complexity index is 499. The zero-order chi connectivity index (χ0) is 14.8. The summed E-state index contributed by atoms with van der Waals surface area (Å²) in [6, 6.07) is 0.290. The van der Waals surface area contributed by atoms with E-state index in [9.17, 15) is 9.90 Å². The van der Waals surface area contributed by atoms with Crippen molar-refractivity contribution in [2.45, 2.75) is 44.8 Å². The van der Waals surface area contributed by atoms with Crippen LogP contribution in [0.25, 0.3) is 0 Å². The maximum Gasteiger partial charge on any atom is 0.267 e. The Morgan fingerprint density at radius 1 is 1.33 bits per heavy atom. The van der Waals surface area contributed by atoms with Gasteiger partial charge in [-0.15, -0.1) is 5.10 Å². The molecule has 2 heterocycles. The minimum atomic E-state index is -0.190. The topological polar surface area (TPSA) is 69.6 Å². The molecule has 2 aliphatic rings. The van der Waals surface area contributed by atoms with Gasteiger partial charge in [0.2, 0.25) is 0 Å². The Hall–Kier alpha value is -1.05. The molecule has 0 spiro atoms. The molecule has 1 aliphatic carbocycles. The molecule has 7 heteroatoms. The van der Waals surface area contributed by atoms with Gasteiger partial charge >= 0.3 is 0 Å². The highest BCUT2D eigenvalue weighted by Crippen LogP contribution is 2.25. The number of amides is 1. The summed E-state index contributed by atoms with van der Waals surface area (Å²) in [6.45, 7) is 5.14. The maximum atomic E-state index is 12.5. The first-order valence-corrected chi connectivity index (χ1v) is 8.50. The normalized spacial score (nSPS) is 27.2. The monoisotopic (exact) mass is 310 g/mol. The van der Waals surface area contributed by atoms with E-state index >= 15 is 0 Å². The largest absolute Gasteiger partial charge is 0.391 e. The SMILES string of the molecule is CCc1nnsc1C(=O)N1CCN([C@@H]2CCC[C@@H]2O)CC1. The lowest BCUT2D eigenvalue weighted by atomic mass is 10.1. The molecule has 1 N–H and O–H groups in total. The summed E-state index contributed by atoms with van der Waals surface area (Å²) < 4.78 is 3.90. The molecule has 1 aromatic heterocycles. The second-order valence-corrected chi connectivity index (χ2v) is 6.55. The van der Waals surface area contributed by atoms with Crippen molar-refractivity contribution in [2.24, 2.45) is 0 Å². The lowest BCUT2D eigenvalue weighted by Gasteiger charge is -2.38. The molecule has 21 heavy (non-hydrogen) atoms. The van der Waals surface area contributed by atoms with Crippen molar-refractivity contribution >= 4 is 17.4 Å². The van der Waals surface area contributed by atoms with Crippen LogP contribution in [-0.2, 0) is 6.42 Å². The van der Waals surface area contributed by atoms with Gasteiger partial charge in [0.15, 0.2) is 0 Å². The summed E-state index contributed by atoms with van der Waals surface area (Å²) in [5, 5.41) is 14.0. The second kappa shape index (κ2) is 6.37. The first kappa shape index (κ1) is 14.9. The van der Waals surface area contributed by atoms with E-state index in [-0.39, 0.29) is 12.0 Å². The minimum absolute atomic E-state index is 0.0634. The van der Waals surface area contributed by atoms with Crippen molar-refractivity contribution < 1.29 is 9.90 Å².